The Morgan fingerprint density at radius 3 is 2.87 bits per heavy atom. The van der Waals surface area contributed by atoms with Crippen molar-refractivity contribution in [2.45, 2.75) is 26.3 Å². The maximum Gasteiger partial charge on any atom is 0.125 e. The lowest BCUT2D eigenvalue weighted by Gasteiger charge is -2.06. The van der Waals surface area contributed by atoms with Gasteiger partial charge in [0.05, 0.1) is 0 Å². The summed E-state index contributed by atoms with van der Waals surface area (Å²) in [4.78, 5) is 10.6. The highest BCUT2D eigenvalue weighted by Gasteiger charge is 2.06. The molecule has 0 aliphatic carbocycles. The Morgan fingerprint density at radius 1 is 1.33 bits per heavy atom. The van der Waals surface area contributed by atoms with E-state index in [1.807, 2.05) is 12.1 Å². The van der Waals surface area contributed by atoms with Crippen molar-refractivity contribution in [3.05, 3.63) is 36.0 Å². The second kappa shape index (κ2) is 4.30. The van der Waals surface area contributed by atoms with Crippen LogP contribution in [-0.2, 0) is 17.8 Å². The van der Waals surface area contributed by atoms with E-state index in [2.05, 4.69) is 29.7 Å². The number of hydrogen-bond acceptors (Lipinski definition) is 1. The topological polar surface area (TPSA) is 22.0 Å². The molecule has 2 nitrogen and oxygen atoms in total. The van der Waals surface area contributed by atoms with Crippen LogP contribution in [0.25, 0.3) is 10.9 Å². The molecule has 0 atom stereocenters. The summed E-state index contributed by atoms with van der Waals surface area (Å²) < 4.78 is 2.24. The first kappa shape index (κ1) is 9.97. The minimum atomic E-state index is 0.509. The second-order valence-electron chi connectivity index (χ2n) is 3.72. The van der Waals surface area contributed by atoms with Crippen molar-refractivity contribution in [2.24, 2.45) is 0 Å². The van der Waals surface area contributed by atoms with Gasteiger partial charge in [-0.1, -0.05) is 25.1 Å². The molecular weight excluding hydrogens is 186 g/mol. The lowest BCUT2D eigenvalue weighted by Crippen LogP contribution is -2.02. The minimum Gasteiger partial charge on any atom is -0.344 e. The number of nitrogens with zero attached hydrogens (tertiary/aromatic N) is 1. The molecule has 0 aliphatic rings. The van der Waals surface area contributed by atoms with Gasteiger partial charge in [0.2, 0.25) is 0 Å². The molecule has 0 bridgehead atoms. The monoisotopic (exact) mass is 201 g/mol. The van der Waals surface area contributed by atoms with Crippen LogP contribution >= 0.6 is 0 Å². The maximum atomic E-state index is 10.6. The normalized spacial score (nSPS) is 10.7. The number of hydrogen-bond donors (Lipinski definition) is 0. The van der Waals surface area contributed by atoms with E-state index in [1.54, 1.807) is 0 Å². The van der Waals surface area contributed by atoms with Gasteiger partial charge in [-0.3, -0.25) is 0 Å². The van der Waals surface area contributed by atoms with E-state index in [9.17, 15) is 4.79 Å². The molecule has 2 rings (SSSR count). The number of para-hydroxylation sites is 1. The predicted octanol–water partition coefficient (Wildman–Crippen LogP) is 2.79. The van der Waals surface area contributed by atoms with Crippen LogP contribution in [0.1, 0.15) is 19.0 Å². The summed E-state index contributed by atoms with van der Waals surface area (Å²) >= 11 is 0. The van der Waals surface area contributed by atoms with E-state index in [-0.39, 0.29) is 0 Å². The highest BCUT2D eigenvalue weighted by atomic mass is 16.1. The number of aldehydes is 1. The van der Waals surface area contributed by atoms with Crippen LogP contribution in [0.15, 0.2) is 30.3 Å². The fraction of sp³-hybridized carbons (Fsp3) is 0.308. The molecule has 0 amide bonds. The molecule has 0 saturated heterocycles. The van der Waals surface area contributed by atoms with Crippen LogP contribution in [0, 0.1) is 0 Å². The SMILES string of the molecule is CCCn1c(CC=O)cc2ccccc21. The van der Waals surface area contributed by atoms with Gasteiger partial charge in [-0.05, 0) is 23.9 Å². The average molecular weight is 201 g/mol. The molecule has 2 heteroatoms. The van der Waals surface area contributed by atoms with Gasteiger partial charge in [-0.25, -0.2) is 0 Å². The highest BCUT2D eigenvalue weighted by molar-refractivity contribution is 5.82. The first-order valence-corrected chi connectivity index (χ1v) is 5.37. The van der Waals surface area contributed by atoms with E-state index in [4.69, 9.17) is 0 Å². The molecular formula is C13H15NO. The smallest absolute Gasteiger partial charge is 0.125 e. The number of rotatable bonds is 4. The van der Waals surface area contributed by atoms with E-state index in [0.29, 0.717) is 6.42 Å². The summed E-state index contributed by atoms with van der Waals surface area (Å²) in [7, 11) is 0. The van der Waals surface area contributed by atoms with Crippen LogP contribution in [-0.4, -0.2) is 10.9 Å². The van der Waals surface area contributed by atoms with Crippen LogP contribution < -0.4 is 0 Å². The van der Waals surface area contributed by atoms with Gasteiger partial charge in [0, 0.05) is 24.2 Å². The van der Waals surface area contributed by atoms with Crippen molar-refractivity contribution in [1.29, 1.82) is 0 Å². The highest BCUT2D eigenvalue weighted by Crippen LogP contribution is 2.20. The molecule has 0 saturated carbocycles. The van der Waals surface area contributed by atoms with E-state index in [1.165, 1.54) is 10.9 Å². The zero-order chi connectivity index (χ0) is 10.7. The fourth-order valence-corrected chi connectivity index (χ4v) is 2.01. The number of benzene rings is 1. The largest absolute Gasteiger partial charge is 0.344 e. The standard InChI is InChI=1S/C13H15NO/c1-2-8-14-12(7-9-15)10-11-5-3-4-6-13(11)14/h3-6,9-10H,2,7-8H2,1H3. The molecule has 1 aromatic carbocycles. The summed E-state index contributed by atoms with van der Waals surface area (Å²) in [6, 6.07) is 10.4. The lowest BCUT2D eigenvalue weighted by molar-refractivity contribution is -0.107. The molecule has 0 fully saturated rings. The Hall–Kier alpha value is -1.57. The van der Waals surface area contributed by atoms with E-state index < -0.39 is 0 Å². The molecule has 1 aromatic heterocycles. The Balaban J connectivity index is 2.57. The van der Waals surface area contributed by atoms with Crippen molar-refractivity contribution in [1.82, 2.24) is 4.57 Å². The van der Waals surface area contributed by atoms with Crippen molar-refractivity contribution >= 4 is 17.2 Å². The maximum absolute atomic E-state index is 10.6. The van der Waals surface area contributed by atoms with Crippen molar-refractivity contribution in [3.63, 3.8) is 0 Å². The van der Waals surface area contributed by atoms with Gasteiger partial charge in [-0.15, -0.1) is 0 Å². The van der Waals surface area contributed by atoms with E-state index in [0.717, 1.165) is 24.9 Å². The van der Waals surface area contributed by atoms with Gasteiger partial charge in [0.25, 0.3) is 0 Å². The Kier molecular flexibility index (Phi) is 2.86. The molecule has 0 radical (unpaired) electrons. The minimum absolute atomic E-state index is 0.509. The molecule has 0 N–H and O–H groups in total. The first-order chi connectivity index (χ1) is 7.36. The lowest BCUT2D eigenvalue weighted by atomic mass is 10.2. The van der Waals surface area contributed by atoms with Crippen molar-refractivity contribution in [2.75, 3.05) is 0 Å². The van der Waals surface area contributed by atoms with Crippen LogP contribution in [0.4, 0.5) is 0 Å². The molecule has 78 valence electrons. The van der Waals surface area contributed by atoms with Gasteiger partial charge in [-0.2, -0.15) is 0 Å². The predicted molar refractivity (Wildman–Crippen MR) is 62.0 cm³/mol. The van der Waals surface area contributed by atoms with Gasteiger partial charge in [0.15, 0.2) is 0 Å². The van der Waals surface area contributed by atoms with E-state index >= 15 is 0 Å². The number of carbonyl (C=O) groups is 1. The van der Waals surface area contributed by atoms with Crippen LogP contribution in [0.3, 0.4) is 0 Å². The number of fused-ring (bicyclic) bond motifs is 1. The number of carbonyl (C=O) groups excluding carboxylic acids is 1. The van der Waals surface area contributed by atoms with Gasteiger partial charge < -0.3 is 9.36 Å². The Bertz CT molecular complexity index is 470. The Labute approximate surface area is 89.5 Å². The molecule has 1 heterocycles. The summed E-state index contributed by atoms with van der Waals surface area (Å²) in [5.41, 5.74) is 2.35. The molecule has 2 aromatic rings. The third-order valence-electron chi connectivity index (χ3n) is 2.64. The summed E-state index contributed by atoms with van der Waals surface area (Å²) in [6.07, 6.45) is 2.57. The summed E-state index contributed by atoms with van der Waals surface area (Å²) in [5, 5.41) is 1.22. The number of aromatic nitrogens is 1. The second-order valence-corrected chi connectivity index (χ2v) is 3.72. The van der Waals surface area contributed by atoms with Crippen molar-refractivity contribution < 1.29 is 4.79 Å². The summed E-state index contributed by atoms with van der Waals surface area (Å²) in [6.45, 7) is 3.14. The van der Waals surface area contributed by atoms with Gasteiger partial charge in [0.1, 0.15) is 6.29 Å². The first-order valence-electron chi connectivity index (χ1n) is 5.37. The average Bonchev–Trinajstić information content (AvgIpc) is 2.59. The van der Waals surface area contributed by atoms with Crippen molar-refractivity contribution in [3.8, 4) is 0 Å². The third kappa shape index (κ3) is 1.80. The Morgan fingerprint density at radius 2 is 2.13 bits per heavy atom. The fourth-order valence-electron chi connectivity index (χ4n) is 2.01. The van der Waals surface area contributed by atoms with Crippen LogP contribution in [0.2, 0.25) is 0 Å². The molecule has 15 heavy (non-hydrogen) atoms. The molecule has 0 spiro atoms. The zero-order valence-electron chi connectivity index (χ0n) is 8.94. The third-order valence-corrected chi connectivity index (χ3v) is 2.64. The summed E-state index contributed by atoms with van der Waals surface area (Å²) in [5.74, 6) is 0. The number of aryl methyl sites for hydroxylation is 1. The quantitative estimate of drug-likeness (QED) is 0.697. The molecule has 0 unspecified atom stereocenters. The van der Waals surface area contributed by atoms with Crippen LogP contribution in [0.5, 0.6) is 0 Å². The van der Waals surface area contributed by atoms with Gasteiger partial charge >= 0.3 is 0 Å². The zero-order valence-corrected chi connectivity index (χ0v) is 8.94. The molecule has 0 aliphatic heterocycles.